The molecule has 3 aromatic rings. The number of halogens is 1. The Bertz CT molecular complexity index is 852. The lowest BCUT2D eigenvalue weighted by Crippen LogP contribution is -2.12. The number of fused-ring (bicyclic) bond motifs is 1. The van der Waals surface area contributed by atoms with Gasteiger partial charge in [0.15, 0.2) is 11.2 Å². The first kappa shape index (κ1) is 12.3. The van der Waals surface area contributed by atoms with Crippen LogP contribution in [0.4, 0.5) is 10.3 Å². The second-order valence-corrected chi connectivity index (χ2v) is 4.59. The lowest BCUT2D eigenvalue weighted by Gasteiger charge is -2.06. The van der Waals surface area contributed by atoms with Crippen molar-refractivity contribution < 1.29 is 4.39 Å². The smallest absolute Gasteiger partial charge is 0.280 e. The van der Waals surface area contributed by atoms with E-state index >= 15 is 0 Å². The minimum atomic E-state index is -0.407. The van der Waals surface area contributed by atoms with Crippen LogP contribution in [0.3, 0.4) is 0 Å². The van der Waals surface area contributed by atoms with E-state index in [1.165, 1.54) is 12.4 Å². The van der Waals surface area contributed by atoms with Crippen LogP contribution in [0.5, 0.6) is 0 Å². The highest BCUT2D eigenvalue weighted by molar-refractivity contribution is 5.70. The quantitative estimate of drug-likeness (QED) is 0.734. The highest BCUT2D eigenvalue weighted by Crippen LogP contribution is 2.14. The molecule has 7 heteroatoms. The molecule has 0 aliphatic carbocycles. The van der Waals surface area contributed by atoms with Crippen molar-refractivity contribution in [3.8, 4) is 0 Å². The number of benzene rings is 1. The van der Waals surface area contributed by atoms with Crippen molar-refractivity contribution in [2.45, 2.75) is 13.5 Å². The number of nitrogens with two attached hydrogens (primary N) is 1. The van der Waals surface area contributed by atoms with Crippen LogP contribution in [0.1, 0.15) is 11.1 Å². The fraction of sp³-hybridized carbons (Fsp3) is 0.154. The van der Waals surface area contributed by atoms with E-state index in [1.54, 1.807) is 10.6 Å². The number of hydrogen-bond acceptors (Lipinski definition) is 4. The Morgan fingerprint density at radius 2 is 2.25 bits per heavy atom. The molecule has 0 unspecified atom stereocenters. The molecule has 102 valence electrons. The average Bonchev–Trinajstić information content (AvgIpc) is 2.76. The Hall–Kier alpha value is -2.70. The summed E-state index contributed by atoms with van der Waals surface area (Å²) in [6.45, 7) is 2.06. The zero-order valence-corrected chi connectivity index (χ0v) is 10.7. The minimum absolute atomic E-state index is 0.00799. The predicted molar refractivity (Wildman–Crippen MR) is 72.8 cm³/mol. The molecular weight excluding hydrogens is 261 g/mol. The number of aromatic nitrogens is 4. The summed E-state index contributed by atoms with van der Waals surface area (Å²) in [5, 5.41) is 0. The minimum Gasteiger partial charge on any atom is -0.369 e. The number of nitrogens with zero attached hydrogens (tertiary/aromatic N) is 3. The molecule has 0 aliphatic heterocycles. The van der Waals surface area contributed by atoms with Gasteiger partial charge in [-0.15, -0.1) is 0 Å². The van der Waals surface area contributed by atoms with Crippen molar-refractivity contribution in [1.29, 1.82) is 0 Å². The van der Waals surface area contributed by atoms with Crippen molar-refractivity contribution >= 4 is 17.1 Å². The van der Waals surface area contributed by atoms with Gasteiger partial charge in [0.25, 0.3) is 5.56 Å². The number of nitrogens with one attached hydrogen (secondary N) is 1. The zero-order valence-electron chi connectivity index (χ0n) is 10.7. The van der Waals surface area contributed by atoms with E-state index in [-0.39, 0.29) is 23.8 Å². The molecular formula is C13H12FN5O. The molecule has 0 aliphatic rings. The van der Waals surface area contributed by atoms with E-state index in [2.05, 4.69) is 15.0 Å². The van der Waals surface area contributed by atoms with Crippen LogP contribution in [-0.4, -0.2) is 19.5 Å². The van der Waals surface area contributed by atoms with E-state index in [9.17, 15) is 9.18 Å². The van der Waals surface area contributed by atoms with Crippen molar-refractivity contribution in [1.82, 2.24) is 19.5 Å². The maximum absolute atomic E-state index is 13.9. The van der Waals surface area contributed by atoms with Crippen LogP contribution in [-0.2, 0) is 6.54 Å². The summed E-state index contributed by atoms with van der Waals surface area (Å²) in [6, 6.07) is 4.99. The van der Waals surface area contributed by atoms with Gasteiger partial charge in [-0.05, 0) is 18.6 Å². The number of rotatable bonds is 2. The van der Waals surface area contributed by atoms with Gasteiger partial charge < -0.3 is 10.3 Å². The number of hydrogen-bond donors (Lipinski definition) is 2. The largest absolute Gasteiger partial charge is 0.369 e. The molecule has 1 aromatic carbocycles. The van der Waals surface area contributed by atoms with Crippen LogP contribution in [0, 0.1) is 12.7 Å². The highest BCUT2D eigenvalue weighted by Gasteiger charge is 2.11. The molecule has 0 saturated heterocycles. The fourth-order valence-corrected chi connectivity index (χ4v) is 2.05. The Labute approximate surface area is 113 Å². The van der Waals surface area contributed by atoms with E-state index in [4.69, 9.17) is 5.73 Å². The molecule has 0 spiro atoms. The molecule has 0 amide bonds. The van der Waals surface area contributed by atoms with Crippen molar-refractivity contribution in [2.24, 2.45) is 0 Å². The lowest BCUT2D eigenvalue weighted by molar-refractivity contribution is 0.600. The third-order valence-corrected chi connectivity index (χ3v) is 3.04. The standard InChI is InChI=1S/C13H12FN5O/c1-7-2-3-8(9(14)4-7)5-19-6-16-10-11(19)17-13(15)18-12(10)20/h2-4,6H,5H2,1H3,(H3,15,17,18,20). The van der Waals surface area contributed by atoms with E-state index in [1.807, 2.05) is 13.0 Å². The van der Waals surface area contributed by atoms with E-state index < -0.39 is 5.56 Å². The van der Waals surface area contributed by atoms with Gasteiger partial charge in [-0.2, -0.15) is 4.98 Å². The molecule has 2 aromatic heterocycles. The maximum Gasteiger partial charge on any atom is 0.280 e. The van der Waals surface area contributed by atoms with Crippen molar-refractivity contribution in [3.05, 3.63) is 51.8 Å². The number of anilines is 1. The Kier molecular flexibility index (Phi) is 2.74. The van der Waals surface area contributed by atoms with E-state index in [0.717, 1.165) is 5.56 Å². The van der Waals surface area contributed by atoms with Crippen molar-refractivity contribution in [3.63, 3.8) is 0 Å². The van der Waals surface area contributed by atoms with Gasteiger partial charge in [0.1, 0.15) is 5.82 Å². The monoisotopic (exact) mass is 273 g/mol. The molecule has 0 bridgehead atoms. The number of imidazole rings is 1. The summed E-state index contributed by atoms with van der Waals surface area (Å²) in [4.78, 5) is 22.0. The molecule has 3 N–H and O–H groups in total. The third-order valence-electron chi connectivity index (χ3n) is 3.04. The average molecular weight is 273 g/mol. The van der Waals surface area contributed by atoms with Crippen LogP contribution in [0.15, 0.2) is 29.3 Å². The molecule has 0 saturated carbocycles. The number of nitrogen functional groups attached to an aromatic ring is 1. The van der Waals surface area contributed by atoms with Gasteiger partial charge in [0.2, 0.25) is 5.95 Å². The summed E-state index contributed by atoms with van der Waals surface area (Å²) in [6.07, 6.45) is 1.45. The first-order valence-corrected chi connectivity index (χ1v) is 6.00. The molecule has 0 radical (unpaired) electrons. The van der Waals surface area contributed by atoms with Gasteiger partial charge >= 0.3 is 0 Å². The first-order valence-electron chi connectivity index (χ1n) is 6.00. The van der Waals surface area contributed by atoms with Gasteiger partial charge in [-0.3, -0.25) is 9.78 Å². The SMILES string of the molecule is Cc1ccc(Cn2cnc3c(=O)[nH]c(N)nc32)c(F)c1. The van der Waals surface area contributed by atoms with Crippen molar-refractivity contribution in [2.75, 3.05) is 5.73 Å². The molecule has 6 nitrogen and oxygen atoms in total. The van der Waals surface area contributed by atoms with Gasteiger partial charge in [-0.25, -0.2) is 9.37 Å². The fourth-order valence-electron chi connectivity index (χ4n) is 2.05. The van der Waals surface area contributed by atoms with Crippen LogP contribution in [0.2, 0.25) is 0 Å². The Balaban J connectivity index is 2.09. The Morgan fingerprint density at radius 1 is 1.45 bits per heavy atom. The van der Waals surface area contributed by atoms with Gasteiger partial charge in [0, 0.05) is 5.56 Å². The normalized spacial score (nSPS) is 11.1. The summed E-state index contributed by atoms with van der Waals surface area (Å²) >= 11 is 0. The predicted octanol–water partition coefficient (Wildman–Crippen LogP) is 1.20. The van der Waals surface area contributed by atoms with Crippen LogP contribution >= 0.6 is 0 Å². The summed E-state index contributed by atoms with van der Waals surface area (Å²) in [7, 11) is 0. The summed E-state index contributed by atoms with van der Waals surface area (Å²) < 4.78 is 15.4. The molecule has 3 rings (SSSR count). The lowest BCUT2D eigenvalue weighted by atomic mass is 10.1. The maximum atomic E-state index is 13.9. The second kappa shape index (κ2) is 4.44. The number of aryl methyl sites for hydroxylation is 1. The van der Waals surface area contributed by atoms with E-state index in [0.29, 0.717) is 11.2 Å². The highest BCUT2D eigenvalue weighted by atomic mass is 19.1. The topological polar surface area (TPSA) is 89.6 Å². The van der Waals surface area contributed by atoms with Gasteiger partial charge in [0.05, 0.1) is 12.9 Å². The second-order valence-electron chi connectivity index (χ2n) is 4.59. The molecule has 0 atom stereocenters. The summed E-state index contributed by atoms with van der Waals surface area (Å²) in [5.41, 5.74) is 6.98. The summed E-state index contributed by atoms with van der Waals surface area (Å²) in [5.74, 6) is -0.293. The number of H-pyrrole nitrogens is 1. The van der Waals surface area contributed by atoms with Gasteiger partial charge in [-0.1, -0.05) is 12.1 Å². The first-order chi connectivity index (χ1) is 9.54. The third kappa shape index (κ3) is 2.03. The van der Waals surface area contributed by atoms with Crippen LogP contribution in [0.25, 0.3) is 11.2 Å². The Morgan fingerprint density at radius 3 is 3.00 bits per heavy atom. The zero-order chi connectivity index (χ0) is 14.3. The number of aromatic amines is 1. The molecule has 2 heterocycles. The van der Waals surface area contributed by atoms with Crippen LogP contribution < -0.4 is 11.3 Å². The molecule has 20 heavy (non-hydrogen) atoms. The molecule has 0 fully saturated rings.